The highest BCUT2D eigenvalue weighted by atomic mass is 32.2. The molecule has 0 unspecified atom stereocenters. The number of nitrogens with zero attached hydrogens (tertiary/aromatic N) is 1. The molecule has 0 radical (unpaired) electrons. The number of nitrogens with one attached hydrogen (secondary N) is 1. The lowest BCUT2D eigenvalue weighted by Crippen LogP contribution is -2.54. The van der Waals surface area contributed by atoms with Crippen LogP contribution in [0.5, 0.6) is 5.75 Å². The number of methoxy groups -OCH3 is 1. The third-order valence-electron chi connectivity index (χ3n) is 3.76. The normalized spacial score (nSPS) is 21.6. The summed E-state index contributed by atoms with van der Waals surface area (Å²) in [6.07, 6.45) is 1.24. The lowest BCUT2D eigenvalue weighted by molar-refractivity contribution is -0.139. The van der Waals surface area contributed by atoms with Gasteiger partial charge in [0.1, 0.15) is 5.75 Å². The molecule has 0 amide bonds. The van der Waals surface area contributed by atoms with Crippen molar-refractivity contribution in [3.63, 3.8) is 0 Å². The molecule has 7 nitrogen and oxygen atoms in total. The number of hydrogen-bond donors (Lipinski definition) is 2. The monoisotopic (exact) mass is 348 g/mol. The van der Waals surface area contributed by atoms with E-state index in [4.69, 9.17) is 9.84 Å². The summed E-state index contributed by atoms with van der Waals surface area (Å²) in [6.45, 7) is 2.52. The Kier molecular flexibility index (Phi) is 5.43. The minimum Gasteiger partial charge on any atom is -0.494 e. The van der Waals surface area contributed by atoms with E-state index in [9.17, 15) is 13.2 Å². The maximum absolute atomic E-state index is 12.3. The number of rotatable bonds is 8. The number of hydrogen-bond acceptors (Lipinski definition) is 6. The number of likely N-dealkylation sites (N-methyl/N-ethyl adjacent to an activating group) is 1. The Morgan fingerprint density at radius 3 is 2.77 bits per heavy atom. The van der Waals surface area contributed by atoms with Gasteiger partial charge in [-0.15, -0.1) is 11.3 Å². The number of ether oxygens (including phenoxy) is 1. The summed E-state index contributed by atoms with van der Waals surface area (Å²) in [7, 11) is -2.15. The van der Waals surface area contributed by atoms with Crippen LogP contribution in [0, 0.1) is 0 Å². The average Bonchev–Trinajstić information content (AvgIpc) is 2.89. The Morgan fingerprint density at radius 2 is 2.23 bits per heavy atom. The molecular weight excluding hydrogens is 328 g/mol. The molecule has 0 aromatic carbocycles. The first-order valence-corrected chi connectivity index (χ1v) is 9.33. The molecule has 1 aromatic heterocycles. The second kappa shape index (κ2) is 6.95. The predicted octanol–water partition coefficient (Wildman–Crippen LogP) is 0.972. The van der Waals surface area contributed by atoms with Gasteiger partial charge in [0.05, 0.1) is 13.7 Å². The van der Waals surface area contributed by atoms with Gasteiger partial charge in [-0.3, -0.25) is 9.69 Å². The van der Waals surface area contributed by atoms with Gasteiger partial charge in [-0.05, 0) is 30.8 Å². The molecule has 1 saturated carbocycles. The summed E-state index contributed by atoms with van der Waals surface area (Å²) in [5, 5.41) is 10.5. The highest BCUT2D eigenvalue weighted by Gasteiger charge is 2.37. The third kappa shape index (κ3) is 3.78. The van der Waals surface area contributed by atoms with Crippen LogP contribution in [0.3, 0.4) is 0 Å². The van der Waals surface area contributed by atoms with Crippen molar-refractivity contribution in [2.24, 2.45) is 0 Å². The molecule has 0 atom stereocenters. The average molecular weight is 348 g/mol. The number of thiophene rings is 1. The second-order valence-corrected chi connectivity index (χ2v) is 8.00. The van der Waals surface area contributed by atoms with Crippen LogP contribution in [0.15, 0.2) is 15.7 Å². The number of aliphatic carboxylic acids is 1. The number of carbonyl (C=O) groups is 1. The van der Waals surface area contributed by atoms with Crippen LogP contribution in [0.2, 0.25) is 0 Å². The van der Waals surface area contributed by atoms with Crippen LogP contribution in [0.1, 0.15) is 19.8 Å². The Morgan fingerprint density at radius 1 is 1.55 bits per heavy atom. The van der Waals surface area contributed by atoms with E-state index in [1.165, 1.54) is 7.11 Å². The standard InChI is InChI=1S/C13H20N2O5S2/c1-3-15(8-12(16)17)10-6-9(7-10)14-22(18,19)13-11(20-2)4-5-21-13/h4-5,9-10,14H,3,6-8H2,1-2H3,(H,16,17). The maximum Gasteiger partial charge on any atom is 0.317 e. The zero-order valence-electron chi connectivity index (χ0n) is 12.5. The van der Waals surface area contributed by atoms with Gasteiger partial charge in [0, 0.05) is 12.1 Å². The van der Waals surface area contributed by atoms with E-state index >= 15 is 0 Å². The zero-order chi connectivity index (χ0) is 16.3. The SMILES string of the molecule is CCN(CC(=O)O)C1CC(NS(=O)(=O)c2sccc2OC)C1. The fraction of sp³-hybridized carbons (Fsp3) is 0.615. The predicted molar refractivity (Wildman–Crippen MR) is 82.9 cm³/mol. The van der Waals surface area contributed by atoms with E-state index in [0.717, 1.165) is 11.3 Å². The van der Waals surface area contributed by atoms with Crippen molar-refractivity contribution in [2.75, 3.05) is 20.2 Å². The lowest BCUT2D eigenvalue weighted by atomic mass is 9.86. The molecule has 0 spiro atoms. The first kappa shape index (κ1) is 17.2. The molecule has 124 valence electrons. The van der Waals surface area contributed by atoms with Gasteiger partial charge >= 0.3 is 5.97 Å². The van der Waals surface area contributed by atoms with Crippen molar-refractivity contribution < 1.29 is 23.1 Å². The van der Waals surface area contributed by atoms with Gasteiger partial charge in [-0.1, -0.05) is 6.92 Å². The fourth-order valence-electron chi connectivity index (χ4n) is 2.56. The number of carboxylic acid groups (broad SMARTS) is 1. The van der Waals surface area contributed by atoms with Crippen LogP contribution in [0.25, 0.3) is 0 Å². The molecule has 2 rings (SSSR count). The fourth-order valence-corrected chi connectivity index (χ4v) is 5.11. The van der Waals surface area contributed by atoms with E-state index in [1.807, 2.05) is 11.8 Å². The molecule has 1 aromatic rings. The molecule has 2 N–H and O–H groups in total. The summed E-state index contributed by atoms with van der Waals surface area (Å²) in [5.74, 6) is -0.524. The van der Waals surface area contributed by atoms with E-state index in [-0.39, 0.29) is 22.8 Å². The topological polar surface area (TPSA) is 95.9 Å². The summed E-state index contributed by atoms with van der Waals surface area (Å²) in [6, 6.07) is 1.57. The third-order valence-corrected chi connectivity index (χ3v) is 6.72. The second-order valence-electron chi connectivity index (χ2n) is 5.18. The molecule has 1 fully saturated rings. The molecule has 1 aliphatic rings. The largest absolute Gasteiger partial charge is 0.494 e. The van der Waals surface area contributed by atoms with Crippen LogP contribution >= 0.6 is 11.3 Å². The minimum absolute atomic E-state index is 0.0145. The Balaban J connectivity index is 1.93. The first-order chi connectivity index (χ1) is 10.4. The molecule has 9 heteroatoms. The smallest absolute Gasteiger partial charge is 0.317 e. The van der Waals surface area contributed by atoms with E-state index in [1.54, 1.807) is 11.4 Å². The van der Waals surface area contributed by atoms with Crippen LogP contribution < -0.4 is 9.46 Å². The summed E-state index contributed by atoms with van der Waals surface area (Å²) < 4.78 is 32.5. The van der Waals surface area contributed by atoms with Crippen molar-refractivity contribution in [1.29, 1.82) is 0 Å². The molecule has 1 aliphatic carbocycles. The van der Waals surface area contributed by atoms with Gasteiger partial charge in [-0.2, -0.15) is 0 Å². The van der Waals surface area contributed by atoms with Gasteiger partial charge in [0.2, 0.25) is 0 Å². The summed E-state index contributed by atoms with van der Waals surface area (Å²) >= 11 is 1.11. The van der Waals surface area contributed by atoms with E-state index in [2.05, 4.69) is 4.72 Å². The van der Waals surface area contributed by atoms with Crippen LogP contribution in [0.4, 0.5) is 0 Å². The zero-order valence-corrected chi connectivity index (χ0v) is 14.1. The van der Waals surface area contributed by atoms with E-state index < -0.39 is 16.0 Å². The molecular formula is C13H20N2O5S2. The van der Waals surface area contributed by atoms with Gasteiger partial charge < -0.3 is 9.84 Å². The van der Waals surface area contributed by atoms with E-state index in [0.29, 0.717) is 25.1 Å². The Bertz CT molecular complexity index is 622. The minimum atomic E-state index is -3.59. The quantitative estimate of drug-likeness (QED) is 0.727. The first-order valence-electron chi connectivity index (χ1n) is 6.97. The molecule has 1 heterocycles. The number of carboxylic acids is 1. The molecule has 0 aliphatic heterocycles. The van der Waals surface area contributed by atoms with Crippen LogP contribution in [-0.2, 0) is 14.8 Å². The van der Waals surface area contributed by atoms with Gasteiger partial charge in [0.25, 0.3) is 10.0 Å². The Labute approximate surface area is 133 Å². The lowest BCUT2D eigenvalue weighted by Gasteiger charge is -2.41. The van der Waals surface area contributed by atoms with Crippen molar-refractivity contribution in [3.8, 4) is 5.75 Å². The molecule has 0 bridgehead atoms. The summed E-state index contributed by atoms with van der Waals surface area (Å²) in [4.78, 5) is 12.6. The number of sulfonamides is 1. The van der Waals surface area contributed by atoms with Crippen molar-refractivity contribution in [3.05, 3.63) is 11.4 Å². The van der Waals surface area contributed by atoms with Crippen molar-refractivity contribution >= 4 is 27.3 Å². The van der Waals surface area contributed by atoms with Crippen molar-refractivity contribution in [2.45, 2.75) is 36.1 Å². The van der Waals surface area contributed by atoms with Crippen LogP contribution in [-0.4, -0.2) is 56.7 Å². The highest BCUT2D eigenvalue weighted by Crippen LogP contribution is 2.32. The maximum atomic E-state index is 12.3. The molecule has 0 saturated heterocycles. The molecule has 22 heavy (non-hydrogen) atoms. The van der Waals surface area contributed by atoms with Gasteiger partial charge in [-0.25, -0.2) is 13.1 Å². The summed E-state index contributed by atoms with van der Waals surface area (Å²) in [5.41, 5.74) is 0. The van der Waals surface area contributed by atoms with Gasteiger partial charge in [0.15, 0.2) is 4.21 Å². The Hall–Kier alpha value is -1.16. The van der Waals surface area contributed by atoms with Crippen molar-refractivity contribution in [1.82, 2.24) is 9.62 Å². The highest BCUT2D eigenvalue weighted by molar-refractivity contribution is 7.91.